The Morgan fingerprint density at radius 2 is 1.59 bits per heavy atom. The van der Waals surface area contributed by atoms with Gasteiger partial charge in [-0.1, -0.05) is 54.1 Å². The molecule has 0 radical (unpaired) electrons. The number of benzene rings is 3. The zero-order chi connectivity index (χ0) is 20.3. The molecule has 0 fully saturated rings. The SMILES string of the molecule is C/C(=C/C1=[N+](c2ccccc2)[C@](O)(c2ccccc2)CS1)Nc1ccc(C)cc1. The van der Waals surface area contributed by atoms with Crippen molar-refractivity contribution in [3.8, 4) is 0 Å². The normalized spacial score (nSPS) is 19.5. The summed E-state index contributed by atoms with van der Waals surface area (Å²) in [5, 5.41) is 16.2. The first-order valence-corrected chi connectivity index (χ1v) is 10.7. The van der Waals surface area contributed by atoms with Gasteiger partial charge in [-0.2, -0.15) is 4.58 Å². The molecular weight excluding hydrogens is 376 g/mol. The van der Waals surface area contributed by atoms with Crippen molar-refractivity contribution in [1.29, 1.82) is 0 Å². The van der Waals surface area contributed by atoms with Crippen molar-refractivity contribution in [2.24, 2.45) is 0 Å². The van der Waals surface area contributed by atoms with Crippen LogP contribution < -0.4 is 5.32 Å². The van der Waals surface area contributed by atoms with Gasteiger partial charge in [0.2, 0.25) is 10.7 Å². The zero-order valence-electron chi connectivity index (χ0n) is 16.7. The lowest BCUT2D eigenvalue weighted by Gasteiger charge is -2.20. The molecule has 3 aromatic carbocycles. The molecule has 0 bridgehead atoms. The lowest BCUT2D eigenvalue weighted by Crippen LogP contribution is -2.36. The van der Waals surface area contributed by atoms with Gasteiger partial charge in [0.15, 0.2) is 0 Å². The summed E-state index contributed by atoms with van der Waals surface area (Å²) in [4.78, 5) is 0. The third-order valence-electron chi connectivity index (χ3n) is 5.00. The summed E-state index contributed by atoms with van der Waals surface area (Å²) < 4.78 is 2.04. The van der Waals surface area contributed by atoms with Crippen LogP contribution in [0, 0.1) is 6.92 Å². The standard InChI is InChI=1S/C25H24N2OS/c1-19-13-15-22(16-14-19)26-20(2)17-24-27(23-11-7-4-8-12-23)25(28,18-29-24)21-9-5-3-6-10-21/h3-17,28H,18H2,1-2H3/p+1/t25-/m1/s1. The monoisotopic (exact) mass is 401 g/mol. The smallest absolute Gasteiger partial charge is 0.307 e. The molecule has 146 valence electrons. The summed E-state index contributed by atoms with van der Waals surface area (Å²) in [7, 11) is 0. The summed E-state index contributed by atoms with van der Waals surface area (Å²) >= 11 is 1.66. The maximum atomic E-state index is 11.7. The zero-order valence-corrected chi connectivity index (χ0v) is 17.5. The molecule has 3 aromatic rings. The van der Waals surface area contributed by atoms with E-state index >= 15 is 0 Å². The number of hydrogen-bond acceptors (Lipinski definition) is 3. The van der Waals surface area contributed by atoms with Gasteiger partial charge in [-0.05, 0) is 49.9 Å². The van der Waals surface area contributed by atoms with E-state index in [-0.39, 0.29) is 0 Å². The van der Waals surface area contributed by atoms with Gasteiger partial charge in [0.25, 0.3) is 0 Å². The number of nitrogens with zero attached hydrogens (tertiary/aromatic N) is 1. The van der Waals surface area contributed by atoms with Crippen LogP contribution in [0.25, 0.3) is 0 Å². The van der Waals surface area contributed by atoms with Gasteiger partial charge in [-0.3, -0.25) is 0 Å². The number of aliphatic hydroxyl groups is 1. The average Bonchev–Trinajstić information content (AvgIpc) is 3.08. The molecule has 1 heterocycles. The molecule has 0 amide bonds. The summed E-state index contributed by atoms with van der Waals surface area (Å²) in [6.07, 6.45) is 2.11. The summed E-state index contributed by atoms with van der Waals surface area (Å²) in [6.45, 7) is 4.14. The molecule has 29 heavy (non-hydrogen) atoms. The van der Waals surface area contributed by atoms with Crippen LogP contribution in [-0.2, 0) is 5.72 Å². The molecular formula is C25H25N2OS+. The van der Waals surface area contributed by atoms with Gasteiger partial charge in [0.1, 0.15) is 5.75 Å². The number of anilines is 1. The van der Waals surface area contributed by atoms with Crippen LogP contribution in [-0.4, -0.2) is 20.5 Å². The summed E-state index contributed by atoms with van der Waals surface area (Å²) in [5.74, 6) is 0.565. The van der Waals surface area contributed by atoms with Gasteiger partial charge in [-0.25, -0.2) is 0 Å². The Morgan fingerprint density at radius 1 is 0.966 bits per heavy atom. The Morgan fingerprint density at radius 3 is 2.24 bits per heavy atom. The van der Waals surface area contributed by atoms with Gasteiger partial charge < -0.3 is 10.4 Å². The van der Waals surface area contributed by atoms with Crippen molar-refractivity contribution < 1.29 is 9.68 Å². The van der Waals surface area contributed by atoms with Crippen molar-refractivity contribution in [3.63, 3.8) is 0 Å². The lowest BCUT2D eigenvalue weighted by atomic mass is 10.0. The Balaban J connectivity index is 1.75. The second-order valence-corrected chi connectivity index (χ2v) is 8.29. The number of aryl methyl sites for hydroxylation is 1. The molecule has 0 aromatic heterocycles. The molecule has 3 nitrogen and oxygen atoms in total. The molecule has 4 heteroatoms. The van der Waals surface area contributed by atoms with Crippen molar-refractivity contribution in [2.45, 2.75) is 19.6 Å². The molecule has 0 saturated heterocycles. The van der Waals surface area contributed by atoms with Crippen LogP contribution in [0.1, 0.15) is 18.1 Å². The van der Waals surface area contributed by atoms with Crippen molar-refractivity contribution in [2.75, 3.05) is 11.1 Å². The molecule has 1 aliphatic rings. The van der Waals surface area contributed by atoms with E-state index in [1.54, 1.807) is 11.8 Å². The summed E-state index contributed by atoms with van der Waals surface area (Å²) in [6, 6.07) is 28.3. The van der Waals surface area contributed by atoms with E-state index < -0.39 is 5.72 Å². The van der Waals surface area contributed by atoms with Gasteiger partial charge in [0, 0.05) is 29.6 Å². The van der Waals surface area contributed by atoms with E-state index in [0.29, 0.717) is 5.75 Å². The molecule has 0 saturated carbocycles. The maximum absolute atomic E-state index is 11.7. The van der Waals surface area contributed by atoms with Crippen LogP contribution in [0.3, 0.4) is 0 Å². The fraction of sp³-hybridized carbons (Fsp3) is 0.160. The first-order chi connectivity index (χ1) is 14.1. The van der Waals surface area contributed by atoms with Crippen molar-refractivity contribution >= 4 is 28.2 Å². The minimum absolute atomic E-state index is 0.565. The van der Waals surface area contributed by atoms with E-state index in [9.17, 15) is 5.11 Å². The average molecular weight is 402 g/mol. The number of para-hydroxylation sites is 1. The highest BCUT2D eigenvalue weighted by atomic mass is 32.2. The minimum Gasteiger partial charge on any atom is -0.359 e. The van der Waals surface area contributed by atoms with E-state index in [0.717, 1.165) is 27.7 Å². The summed E-state index contributed by atoms with van der Waals surface area (Å²) in [5.41, 5.74) is 4.08. The second kappa shape index (κ2) is 8.27. The Hall–Kier alpha value is -2.82. The highest BCUT2D eigenvalue weighted by Gasteiger charge is 2.50. The quantitative estimate of drug-likeness (QED) is 0.543. The molecule has 1 atom stereocenters. The third-order valence-corrected chi connectivity index (χ3v) is 6.14. The number of thioether (sulfide) groups is 1. The predicted molar refractivity (Wildman–Crippen MR) is 123 cm³/mol. The third kappa shape index (κ3) is 4.14. The fourth-order valence-corrected chi connectivity index (χ4v) is 4.80. The highest BCUT2D eigenvalue weighted by Crippen LogP contribution is 2.39. The van der Waals surface area contributed by atoms with Crippen LogP contribution in [0.15, 0.2) is 96.7 Å². The Kier molecular flexibility index (Phi) is 5.56. The van der Waals surface area contributed by atoms with Crippen LogP contribution in [0.5, 0.6) is 0 Å². The van der Waals surface area contributed by atoms with E-state index in [1.807, 2.05) is 65.2 Å². The first kappa shape index (κ1) is 19.5. The highest BCUT2D eigenvalue weighted by molar-refractivity contribution is 8.14. The van der Waals surface area contributed by atoms with Crippen molar-refractivity contribution in [3.05, 3.63) is 108 Å². The second-order valence-electron chi connectivity index (χ2n) is 7.30. The fourth-order valence-electron chi connectivity index (χ4n) is 3.51. The minimum atomic E-state index is -1.09. The number of allylic oxidation sites excluding steroid dienone is 1. The van der Waals surface area contributed by atoms with Crippen LogP contribution in [0.2, 0.25) is 0 Å². The van der Waals surface area contributed by atoms with Crippen molar-refractivity contribution in [1.82, 2.24) is 0 Å². The van der Waals surface area contributed by atoms with Gasteiger partial charge >= 0.3 is 5.72 Å². The number of hydrogen-bond donors (Lipinski definition) is 2. The van der Waals surface area contributed by atoms with Gasteiger partial charge in [0.05, 0.1) is 5.56 Å². The molecule has 0 unspecified atom stereocenters. The molecule has 2 N–H and O–H groups in total. The van der Waals surface area contributed by atoms with Gasteiger partial charge in [-0.15, -0.1) is 0 Å². The van der Waals surface area contributed by atoms with E-state index in [4.69, 9.17) is 0 Å². The number of rotatable bonds is 5. The van der Waals surface area contributed by atoms with Crippen LogP contribution >= 0.6 is 11.8 Å². The molecule has 0 spiro atoms. The van der Waals surface area contributed by atoms with E-state index in [1.165, 1.54) is 5.56 Å². The Labute approximate surface area is 176 Å². The maximum Gasteiger partial charge on any atom is 0.307 e. The molecule has 1 aliphatic heterocycles. The first-order valence-electron chi connectivity index (χ1n) is 9.71. The molecule has 4 rings (SSSR count). The van der Waals surface area contributed by atoms with Crippen LogP contribution in [0.4, 0.5) is 11.4 Å². The predicted octanol–water partition coefficient (Wildman–Crippen LogP) is 5.65. The Bertz CT molecular complexity index is 1040. The van der Waals surface area contributed by atoms with E-state index in [2.05, 4.69) is 49.5 Å². The largest absolute Gasteiger partial charge is 0.359 e. The topological polar surface area (TPSA) is 35.3 Å². The lowest BCUT2D eigenvalue weighted by molar-refractivity contribution is -0.592. The number of nitrogens with one attached hydrogen (secondary N) is 1. The molecule has 0 aliphatic carbocycles.